The smallest absolute Gasteiger partial charge is 0.226 e. The summed E-state index contributed by atoms with van der Waals surface area (Å²) < 4.78 is 5.42. The molecule has 3 N–H and O–H groups in total. The summed E-state index contributed by atoms with van der Waals surface area (Å²) in [6.07, 6.45) is 0. The summed E-state index contributed by atoms with van der Waals surface area (Å²) in [5.74, 6) is 1.14. The van der Waals surface area contributed by atoms with Crippen LogP contribution in [0.3, 0.4) is 0 Å². The van der Waals surface area contributed by atoms with Crippen LogP contribution in [-0.4, -0.2) is 16.6 Å². The highest BCUT2D eigenvalue weighted by Gasteiger charge is 2.09. The summed E-state index contributed by atoms with van der Waals surface area (Å²) >= 11 is 0. The van der Waals surface area contributed by atoms with Crippen LogP contribution in [0.2, 0.25) is 0 Å². The number of ether oxygens (including phenoxy) is 1. The van der Waals surface area contributed by atoms with Crippen molar-refractivity contribution in [2.24, 2.45) is 0 Å². The third kappa shape index (κ3) is 3.60. The summed E-state index contributed by atoms with van der Waals surface area (Å²) in [6.45, 7) is 6.47. The standard InChI is InChI=1S/C15H20N4O/c1-4-20-14-8-10(2)17-15(19-14)18-11(3)12-6-5-7-13(16)9-12/h5-9,11H,4,16H2,1-3H3,(H,17,18,19). The summed E-state index contributed by atoms with van der Waals surface area (Å²) in [5.41, 5.74) is 8.50. The maximum Gasteiger partial charge on any atom is 0.226 e. The van der Waals surface area contributed by atoms with Crippen molar-refractivity contribution in [3.8, 4) is 5.88 Å². The predicted octanol–water partition coefficient (Wildman–Crippen LogP) is 2.94. The summed E-state index contributed by atoms with van der Waals surface area (Å²) in [4.78, 5) is 8.71. The van der Waals surface area contributed by atoms with Gasteiger partial charge in [0.25, 0.3) is 0 Å². The first-order valence-corrected chi connectivity index (χ1v) is 6.69. The Bertz CT molecular complexity index is 586. The van der Waals surface area contributed by atoms with Crippen molar-refractivity contribution < 1.29 is 4.74 Å². The highest BCUT2D eigenvalue weighted by molar-refractivity contribution is 5.43. The van der Waals surface area contributed by atoms with Crippen LogP contribution in [0.1, 0.15) is 31.1 Å². The van der Waals surface area contributed by atoms with E-state index in [9.17, 15) is 0 Å². The Morgan fingerprint density at radius 1 is 1.30 bits per heavy atom. The molecule has 5 heteroatoms. The lowest BCUT2D eigenvalue weighted by atomic mass is 10.1. The van der Waals surface area contributed by atoms with Gasteiger partial charge in [0, 0.05) is 17.4 Å². The fourth-order valence-electron chi connectivity index (χ4n) is 1.93. The highest BCUT2D eigenvalue weighted by Crippen LogP contribution is 2.20. The SMILES string of the molecule is CCOc1cc(C)nc(NC(C)c2cccc(N)c2)n1. The zero-order chi connectivity index (χ0) is 14.5. The molecule has 1 atom stereocenters. The first kappa shape index (κ1) is 14.1. The largest absolute Gasteiger partial charge is 0.478 e. The molecule has 0 aliphatic rings. The van der Waals surface area contributed by atoms with Gasteiger partial charge >= 0.3 is 0 Å². The van der Waals surface area contributed by atoms with E-state index in [0.29, 0.717) is 18.4 Å². The van der Waals surface area contributed by atoms with Crippen LogP contribution < -0.4 is 15.8 Å². The van der Waals surface area contributed by atoms with Gasteiger partial charge in [0.15, 0.2) is 0 Å². The molecule has 0 radical (unpaired) electrons. The minimum absolute atomic E-state index is 0.0646. The van der Waals surface area contributed by atoms with E-state index in [1.54, 1.807) is 0 Å². The fraction of sp³-hybridized carbons (Fsp3) is 0.333. The van der Waals surface area contributed by atoms with Crippen molar-refractivity contribution in [3.63, 3.8) is 0 Å². The van der Waals surface area contributed by atoms with Gasteiger partial charge in [-0.2, -0.15) is 4.98 Å². The number of hydrogen-bond acceptors (Lipinski definition) is 5. The van der Waals surface area contributed by atoms with Crippen LogP contribution >= 0.6 is 0 Å². The van der Waals surface area contributed by atoms with Crippen molar-refractivity contribution in [1.82, 2.24) is 9.97 Å². The van der Waals surface area contributed by atoms with E-state index in [1.807, 2.05) is 51.1 Å². The van der Waals surface area contributed by atoms with Gasteiger partial charge in [0.1, 0.15) is 0 Å². The third-order valence-electron chi connectivity index (χ3n) is 2.88. The number of nitrogen functional groups attached to an aromatic ring is 1. The van der Waals surface area contributed by atoms with Crippen LogP contribution in [-0.2, 0) is 0 Å². The number of anilines is 2. The second kappa shape index (κ2) is 6.23. The number of nitrogens with one attached hydrogen (secondary N) is 1. The van der Waals surface area contributed by atoms with E-state index >= 15 is 0 Å². The van der Waals surface area contributed by atoms with E-state index in [-0.39, 0.29) is 6.04 Å². The van der Waals surface area contributed by atoms with Gasteiger partial charge in [-0.15, -0.1) is 0 Å². The molecule has 1 heterocycles. The number of nitrogens with two attached hydrogens (primary N) is 1. The van der Waals surface area contributed by atoms with Gasteiger partial charge in [0.2, 0.25) is 11.8 Å². The van der Waals surface area contributed by atoms with E-state index < -0.39 is 0 Å². The minimum Gasteiger partial charge on any atom is -0.478 e. The normalized spacial score (nSPS) is 11.9. The Labute approximate surface area is 119 Å². The molecule has 0 bridgehead atoms. The fourth-order valence-corrected chi connectivity index (χ4v) is 1.93. The van der Waals surface area contributed by atoms with Crippen LogP contribution in [0.5, 0.6) is 5.88 Å². The predicted molar refractivity (Wildman–Crippen MR) is 80.8 cm³/mol. The summed E-state index contributed by atoms with van der Waals surface area (Å²) in [6, 6.07) is 9.65. The van der Waals surface area contributed by atoms with Crippen molar-refractivity contribution in [3.05, 3.63) is 41.6 Å². The average Bonchev–Trinajstić information content (AvgIpc) is 2.38. The number of hydrogen-bond donors (Lipinski definition) is 2. The first-order chi connectivity index (χ1) is 9.58. The lowest BCUT2D eigenvalue weighted by Gasteiger charge is -2.15. The zero-order valence-corrected chi connectivity index (χ0v) is 12.1. The molecule has 1 unspecified atom stereocenters. The van der Waals surface area contributed by atoms with E-state index in [0.717, 1.165) is 16.9 Å². The molecule has 2 aromatic rings. The second-order valence-electron chi connectivity index (χ2n) is 4.64. The monoisotopic (exact) mass is 272 g/mol. The molecule has 0 amide bonds. The summed E-state index contributed by atoms with van der Waals surface area (Å²) in [5, 5.41) is 3.27. The van der Waals surface area contributed by atoms with Crippen molar-refractivity contribution in [2.45, 2.75) is 26.8 Å². The van der Waals surface area contributed by atoms with E-state index in [1.165, 1.54) is 0 Å². The Balaban J connectivity index is 2.16. The molecule has 0 aliphatic heterocycles. The molecule has 0 aliphatic carbocycles. The van der Waals surface area contributed by atoms with Crippen LogP contribution in [0.4, 0.5) is 11.6 Å². The Morgan fingerprint density at radius 3 is 2.80 bits per heavy atom. The van der Waals surface area contributed by atoms with Crippen molar-refractivity contribution in [2.75, 3.05) is 17.7 Å². The molecule has 1 aromatic carbocycles. The molecule has 0 fully saturated rings. The first-order valence-electron chi connectivity index (χ1n) is 6.69. The Morgan fingerprint density at radius 2 is 2.10 bits per heavy atom. The maximum atomic E-state index is 5.80. The molecule has 0 saturated heterocycles. The lowest BCUT2D eigenvalue weighted by molar-refractivity contribution is 0.326. The topological polar surface area (TPSA) is 73.1 Å². The molecule has 0 saturated carbocycles. The Kier molecular flexibility index (Phi) is 4.40. The van der Waals surface area contributed by atoms with Gasteiger partial charge in [0.05, 0.1) is 12.6 Å². The molecular weight excluding hydrogens is 252 g/mol. The van der Waals surface area contributed by atoms with Crippen LogP contribution in [0.25, 0.3) is 0 Å². The number of rotatable bonds is 5. The number of benzene rings is 1. The lowest BCUT2D eigenvalue weighted by Crippen LogP contribution is -2.11. The maximum absolute atomic E-state index is 5.80. The number of aromatic nitrogens is 2. The van der Waals surface area contributed by atoms with Gasteiger partial charge in [-0.25, -0.2) is 4.98 Å². The van der Waals surface area contributed by atoms with Gasteiger partial charge in [-0.3, -0.25) is 0 Å². The molecule has 106 valence electrons. The van der Waals surface area contributed by atoms with Crippen LogP contribution in [0, 0.1) is 6.92 Å². The molecule has 2 rings (SSSR count). The van der Waals surface area contributed by atoms with Crippen molar-refractivity contribution >= 4 is 11.6 Å². The van der Waals surface area contributed by atoms with E-state index in [2.05, 4.69) is 15.3 Å². The highest BCUT2D eigenvalue weighted by atomic mass is 16.5. The van der Waals surface area contributed by atoms with Gasteiger partial charge in [-0.05, 0) is 38.5 Å². The summed E-state index contributed by atoms with van der Waals surface area (Å²) in [7, 11) is 0. The Hall–Kier alpha value is -2.30. The minimum atomic E-state index is 0.0646. The zero-order valence-electron chi connectivity index (χ0n) is 12.1. The van der Waals surface area contributed by atoms with Crippen molar-refractivity contribution in [1.29, 1.82) is 0 Å². The van der Waals surface area contributed by atoms with E-state index in [4.69, 9.17) is 10.5 Å². The quantitative estimate of drug-likeness (QED) is 0.819. The average molecular weight is 272 g/mol. The van der Waals surface area contributed by atoms with Gasteiger partial charge in [-0.1, -0.05) is 12.1 Å². The molecule has 20 heavy (non-hydrogen) atoms. The molecular formula is C15H20N4O. The number of aryl methyl sites for hydroxylation is 1. The van der Waals surface area contributed by atoms with Gasteiger partial charge < -0.3 is 15.8 Å². The van der Waals surface area contributed by atoms with Crippen LogP contribution in [0.15, 0.2) is 30.3 Å². The molecule has 0 spiro atoms. The number of nitrogens with zero attached hydrogens (tertiary/aromatic N) is 2. The molecule has 5 nitrogen and oxygen atoms in total. The third-order valence-corrected chi connectivity index (χ3v) is 2.88. The molecule has 1 aromatic heterocycles. The second-order valence-corrected chi connectivity index (χ2v) is 4.64.